The van der Waals surface area contributed by atoms with Gasteiger partial charge < -0.3 is 10.1 Å². The third kappa shape index (κ3) is 3.04. The Bertz CT molecular complexity index is 331. The summed E-state index contributed by atoms with van der Waals surface area (Å²) in [7, 11) is 0. The van der Waals surface area contributed by atoms with Crippen LogP contribution in [-0.4, -0.2) is 24.2 Å². The highest BCUT2D eigenvalue weighted by Gasteiger charge is 2.16. The number of hydrogen-bond acceptors (Lipinski definition) is 3. The Labute approximate surface area is 94.5 Å². The van der Waals surface area contributed by atoms with Crippen LogP contribution in [0.2, 0.25) is 0 Å². The van der Waals surface area contributed by atoms with E-state index in [0.717, 1.165) is 13.0 Å². The first-order valence-electron chi connectivity index (χ1n) is 4.74. The van der Waals surface area contributed by atoms with E-state index in [0.29, 0.717) is 24.0 Å². The van der Waals surface area contributed by atoms with E-state index in [1.165, 1.54) is 6.20 Å². The topological polar surface area (TPSA) is 34.1 Å². The number of nitrogens with one attached hydrogen (secondary N) is 1. The molecule has 3 nitrogen and oxygen atoms in total. The number of hydrogen-bond donors (Lipinski definition) is 1. The van der Waals surface area contributed by atoms with Gasteiger partial charge in [0.25, 0.3) is 0 Å². The minimum Gasteiger partial charge on any atom is -0.490 e. The van der Waals surface area contributed by atoms with Crippen LogP contribution in [-0.2, 0) is 0 Å². The summed E-state index contributed by atoms with van der Waals surface area (Å²) in [6.45, 7) is 3.37. The Morgan fingerprint density at radius 3 is 2.93 bits per heavy atom. The summed E-state index contributed by atoms with van der Waals surface area (Å²) >= 11 is 0. The summed E-state index contributed by atoms with van der Waals surface area (Å²) < 4.78 is 18.2. The molecule has 1 aliphatic rings. The van der Waals surface area contributed by atoms with Crippen molar-refractivity contribution in [1.29, 1.82) is 0 Å². The fraction of sp³-hybridized carbons (Fsp3) is 0.500. The molecule has 0 amide bonds. The summed E-state index contributed by atoms with van der Waals surface area (Å²) in [6, 6.07) is 2.11. The molecule has 1 saturated heterocycles. The van der Waals surface area contributed by atoms with E-state index >= 15 is 0 Å². The summed E-state index contributed by atoms with van der Waals surface area (Å²) in [5, 5.41) is 3.22. The number of nitrogens with zero attached hydrogens (tertiary/aromatic N) is 1. The lowest BCUT2D eigenvalue weighted by molar-refractivity contribution is 0.216. The van der Waals surface area contributed by atoms with Gasteiger partial charge in [0.1, 0.15) is 12.4 Å². The Morgan fingerprint density at radius 2 is 2.40 bits per heavy atom. The molecule has 1 fully saturated rings. The van der Waals surface area contributed by atoms with Gasteiger partial charge in [-0.2, -0.15) is 4.39 Å². The van der Waals surface area contributed by atoms with Crippen molar-refractivity contribution in [3.05, 3.63) is 23.8 Å². The van der Waals surface area contributed by atoms with Crippen LogP contribution in [0, 0.1) is 12.9 Å². The van der Waals surface area contributed by atoms with Gasteiger partial charge in [0.15, 0.2) is 0 Å². The van der Waals surface area contributed by atoms with Crippen molar-refractivity contribution in [3.8, 4) is 5.75 Å². The molecule has 0 aliphatic carbocycles. The quantitative estimate of drug-likeness (QED) is 0.806. The molecule has 1 aromatic heterocycles. The third-order valence-electron chi connectivity index (χ3n) is 2.37. The first kappa shape index (κ1) is 12.2. The molecule has 15 heavy (non-hydrogen) atoms. The molecule has 1 aromatic rings. The summed E-state index contributed by atoms with van der Waals surface area (Å²) in [5.41, 5.74) is 0.518. The van der Waals surface area contributed by atoms with Crippen molar-refractivity contribution in [2.75, 3.05) is 13.2 Å². The van der Waals surface area contributed by atoms with E-state index in [2.05, 4.69) is 10.3 Å². The van der Waals surface area contributed by atoms with Crippen molar-refractivity contribution in [3.63, 3.8) is 0 Å². The van der Waals surface area contributed by atoms with Crippen LogP contribution in [0.3, 0.4) is 0 Å². The molecule has 84 valence electrons. The van der Waals surface area contributed by atoms with Crippen LogP contribution in [0.25, 0.3) is 0 Å². The average Bonchev–Trinajstić information content (AvgIpc) is 2.08. The monoisotopic (exact) mass is 232 g/mol. The highest BCUT2D eigenvalue weighted by atomic mass is 35.5. The minimum atomic E-state index is -0.431. The third-order valence-corrected chi connectivity index (χ3v) is 2.37. The molecular weight excluding hydrogens is 219 g/mol. The van der Waals surface area contributed by atoms with Crippen LogP contribution < -0.4 is 10.1 Å². The van der Waals surface area contributed by atoms with Gasteiger partial charge in [-0.25, -0.2) is 4.98 Å². The lowest BCUT2D eigenvalue weighted by Gasteiger charge is -2.27. The zero-order chi connectivity index (χ0) is 9.97. The summed E-state index contributed by atoms with van der Waals surface area (Å²) in [5.74, 6) is 0.205. The molecule has 5 heteroatoms. The molecule has 0 radical (unpaired) electrons. The van der Waals surface area contributed by atoms with Gasteiger partial charge in [-0.3, -0.25) is 0 Å². The molecule has 2 rings (SSSR count). The number of rotatable bonds is 3. The van der Waals surface area contributed by atoms with Crippen molar-refractivity contribution < 1.29 is 9.13 Å². The van der Waals surface area contributed by atoms with Gasteiger partial charge in [-0.05, 0) is 26.0 Å². The fourth-order valence-corrected chi connectivity index (χ4v) is 1.30. The van der Waals surface area contributed by atoms with E-state index in [1.807, 2.05) is 0 Å². The highest BCUT2D eigenvalue weighted by Crippen LogP contribution is 2.14. The molecule has 1 atom stereocenters. The Kier molecular flexibility index (Phi) is 4.29. The van der Waals surface area contributed by atoms with Gasteiger partial charge in [0, 0.05) is 11.6 Å². The van der Waals surface area contributed by atoms with Gasteiger partial charge in [0.2, 0.25) is 5.95 Å². The predicted octanol–water partition coefficient (Wildman–Crippen LogP) is 1.69. The van der Waals surface area contributed by atoms with Crippen LogP contribution >= 0.6 is 12.4 Å². The molecule has 0 spiro atoms. The van der Waals surface area contributed by atoms with Crippen molar-refractivity contribution in [2.24, 2.45) is 0 Å². The van der Waals surface area contributed by atoms with Crippen molar-refractivity contribution >= 4 is 12.4 Å². The van der Waals surface area contributed by atoms with E-state index in [4.69, 9.17) is 4.74 Å². The Hall–Kier alpha value is -0.870. The maximum absolute atomic E-state index is 12.8. The number of aryl methyl sites for hydroxylation is 1. The number of aromatic nitrogens is 1. The molecule has 0 saturated carbocycles. The Morgan fingerprint density at radius 1 is 1.67 bits per heavy atom. The first-order chi connectivity index (χ1) is 6.75. The number of halogens is 2. The zero-order valence-corrected chi connectivity index (χ0v) is 9.31. The fourth-order valence-electron chi connectivity index (χ4n) is 1.30. The lowest BCUT2D eigenvalue weighted by atomic mass is 10.1. The van der Waals surface area contributed by atoms with Gasteiger partial charge >= 0.3 is 0 Å². The largest absolute Gasteiger partial charge is 0.490 e. The first-order valence-corrected chi connectivity index (χ1v) is 4.74. The van der Waals surface area contributed by atoms with Crippen LogP contribution in [0.15, 0.2) is 12.3 Å². The maximum Gasteiger partial charge on any atom is 0.215 e. The standard InChI is InChI=1S/C10H13FN2O.ClH/c1-7-4-9(5-13-10(7)11)14-6-8-2-3-12-8;/h4-5,8,12H,2-3,6H2,1H3;1H/t8-;/m0./s1. The van der Waals surface area contributed by atoms with Gasteiger partial charge in [-0.15, -0.1) is 12.4 Å². The van der Waals surface area contributed by atoms with E-state index in [1.54, 1.807) is 13.0 Å². The summed E-state index contributed by atoms with van der Waals surface area (Å²) in [6.07, 6.45) is 2.56. The normalized spacial score (nSPS) is 18.9. The van der Waals surface area contributed by atoms with Crippen LogP contribution in [0.1, 0.15) is 12.0 Å². The smallest absolute Gasteiger partial charge is 0.215 e. The second kappa shape index (κ2) is 5.28. The minimum absolute atomic E-state index is 0. The van der Waals surface area contributed by atoms with Gasteiger partial charge in [0.05, 0.1) is 6.20 Å². The molecular formula is C10H14ClFN2O. The van der Waals surface area contributed by atoms with Crippen molar-refractivity contribution in [2.45, 2.75) is 19.4 Å². The SMILES string of the molecule is Cc1cc(OC[C@@H]2CCN2)cnc1F.Cl. The van der Waals surface area contributed by atoms with E-state index < -0.39 is 5.95 Å². The molecule has 1 aliphatic heterocycles. The van der Waals surface area contributed by atoms with Crippen LogP contribution in [0.5, 0.6) is 5.75 Å². The maximum atomic E-state index is 12.8. The number of pyridine rings is 1. The van der Waals surface area contributed by atoms with E-state index in [-0.39, 0.29) is 12.4 Å². The molecule has 1 N–H and O–H groups in total. The average molecular weight is 233 g/mol. The highest BCUT2D eigenvalue weighted by molar-refractivity contribution is 5.85. The second-order valence-electron chi connectivity index (χ2n) is 3.53. The lowest BCUT2D eigenvalue weighted by Crippen LogP contribution is -2.46. The molecule has 2 heterocycles. The van der Waals surface area contributed by atoms with Gasteiger partial charge in [-0.1, -0.05) is 0 Å². The Balaban J connectivity index is 0.00000112. The molecule has 0 unspecified atom stereocenters. The predicted molar refractivity (Wildman–Crippen MR) is 58.1 cm³/mol. The van der Waals surface area contributed by atoms with E-state index in [9.17, 15) is 4.39 Å². The molecule has 0 bridgehead atoms. The molecule has 0 aromatic carbocycles. The second-order valence-corrected chi connectivity index (χ2v) is 3.53. The van der Waals surface area contributed by atoms with Crippen LogP contribution in [0.4, 0.5) is 4.39 Å². The summed E-state index contributed by atoms with van der Waals surface area (Å²) in [4.78, 5) is 3.59. The zero-order valence-electron chi connectivity index (χ0n) is 8.50. The number of ether oxygens (including phenoxy) is 1. The van der Waals surface area contributed by atoms with Crippen molar-refractivity contribution in [1.82, 2.24) is 10.3 Å².